The molecule has 1 saturated carbocycles. The van der Waals surface area contributed by atoms with Gasteiger partial charge in [0.2, 0.25) is 5.91 Å². The van der Waals surface area contributed by atoms with Gasteiger partial charge in [-0.25, -0.2) is 0 Å². The van der Waals surface area contributed by atoms with E-state index in [4.69, 9.17) is 5.26 Å². The Hall–Kier alpha value is -2.06. The van der Waals surface area contributed by atoms with Gasteiger partial charge in [0, 0.05) is 37.9 Å². The molecule has 0 radical (unpaired) electrons. The summed E-state index contributed by atoms with van der Waals surface area (Å²) < 4.78 is 0. The van der Waals surface area contributed by atoms with E-state index in [1.807, 2.05) is 6.07 Å². The summed E-state index contributed by atoms with van der Waals surface area (Å²) in [5.41, 5.74) is 2.79. The lowest BCUT2D eigenvalue weighted by Gasteiger charge is -2.37. The van der Waals surface area contributed by atoms with Crippen LogP contribution in [0.15, 0.2) is 24.3 Å². The highest BCUT2D eigenvalue weighted by Crippen LogP contribution is 2.27. The molecular weight excluding hydrogens is 348 g/mol. The molecule has 0 unspecified atom stereocenters. The molecule has 2 fully saturated rings. The van der Waals surface area contributed by atoms with E-state index in [-0.39, 0.29) is 18.4 Å². The number of carbonyl (C=O) groups excluding carboxylic acids is 1. The van der Waals surface area contributed by atoms with Crippen molar-refractivity contribution >= 4 is 11.6 Å². The fourth-order valence-electron chi connectivity index (χ4n) is 4.51. The van der Waals surface area contributed by atoms with Crippen LogP contribution < -0.4 is 10.2 Å². The van der Waals surface area contributed by atoms with Crippen molar-refractivity contribution < 1.29 is 4.79 Å². The largest absolute Gasteiger partial charge is 0.369 e. The van der Waals surface area contributed by atoms with Crippen molar-refractivity contribution in [2.75, 3.05) is 37.6 Å². The van der Waals surface area contributed by atoms with Gasteiger partial charge < -0.3 is 10.2 Å². The monoisotopic (exact) mass is 382 g/mol. The first-order valence-corrected chi connectivity index (χ1v) is 10.9. The Labute approximate surface area is 169 Å². The van der Waals surface area contributed by atoms with Crippen LogP contribution in [0.2, 0.25) is 0 Å². The van der Waals surface area contributed by atoms with Crippen molar-refractivity contribution in [3.63, 3.8) is 0 Å². The molecule has 0 bridgehead atoms. The van der Waals surface area contributed by atoms with Gasteiger partial charge in [-0.1, -0.05) is 19.1 Å². The highest BCUT2D eigenvalue weighted by atomic mass is 16.1. The van der Waals surface area contributed by atoms with Crippen LogP contribution in [-0.4, -0.2) is 49.6 Å². The van der Waals surface area contributed by atoms with Crippen LogP contribution in [0.1, 0.15) is 51.0 Å². The van der Waals surface area contributed by atoms with E-state index >= 15 is 0 Å². The second-order valence-corrected chi connectivity index (χ2v) is 8.26. The van der Waals surface area contributed by atoms with Gasteiger partial charge in [-0.15, -0.1) is 0 Å². The highest BCUT2D eigenvalue weighted by molar-refractivity contribution is 5.78. The van der Waals surface area contributed by atoms with E-state index in [1.54, 1.807) is 0 Å². The second-order valence-electron chi connectivity index (χ2n) is 8.26. The Kier molecular flexibility index (Phi) is 7.73. The molecular formula is C23H34N4O. The molecule has 0 atom stereocenters. The molecule has 0 spiro atoms. The minimum Gasteiger partial charge on any atom is -0.369 e. The second kappa shape index (κ2) is 10.5. The lowest BCUT2D eigenvalue weighted by atomic mass is 9.84. The number of anilines is 1. The van der Waals surface area contributed by atoms with Crippen LogP contribution in [0.4, 0.5) is 5.69 Å². The summed E-state index contributed by atoms with van der Waals surface area (Å²) >= 11 is 0. The zero-order valence-electron chi connectivity index (χ0n) is 17.2. The summed E-state index contributed by atoms with van der Waals surface area (Å²) in [6, 6.07) is 11.2. The summed E-state index contributed by atoms with van der Waals surface area (Å²) in [7, 11) is 0. The van der Waals surface area contributed by atoms with E-state index in [9.17, 15) is 4.79 Å². The standard InChI is InChI=1S/C23H34N4O/c1-2-19-4-3-5-22(18-19)27-16-14-26(15-17-27)13-11-20-6-8-21(9-7-20)25-23(28)10-12-24/h3-5,18,20-21H,2,6-11,13-17H2,1H3,(H,25,28)/t20-,21+. The molecule has 152 valence electrons. The van der Waals surface area contributed by atoms with Crippen LogP contribution in [0.5, 0.6) is 0 Å². The molecule has 2 aliphatic rings. The zero-order valence-corrected chi connectivity index (χ0v) is 17.2. The number of piperazine rings is 1. The first-order valence-electron chi connectivity index (χ1n) is 10.9. The maximum Gasteiger partial charge on any atom is 0.234 e. The normalized spacial score (nSPS) is 23.2. The summed E-state index contributed by atoms with van der Waals surface area (Å²) in [6.07, 6.45) is 6.85. The average Bonchev–Trinajstić information content (AvgIpc) is 2.74. The van der Waals surface area contributed by atoms with Crippen LogP contribution in [0, 0.1) is 17.2 Å². The third kappa shape index (κ3) is 5.97. The van der Waals surface area contributed by atoms with E-state index < -0.39 is 0 Å². The van der Waals surface area contributed by atoms with Crippen molar-refractivity contribution in [1.29, 1.82) is 5.26 Å². The van der Waals surface area contributed by atoms with Crippen LogP contribution in [0.3, 0.4) is 0 Å². The molecule has 1 aliphatic carbocycles. The molecule has 1 N–H and O–H groups in total. The van der Waals surface area contributed by atoms with Crippen molar-refractivity contribution in [3.05, 3.63) is 29.8 Å². The van der Waals surface area contributed by atoms with E-state index in [2.05, 4.69) is 46.3 Å². The Bertz CT molecular complexity index is 667. The lowest BCUT2D eigenvalue weighted by molar-refractivity contribution is -0.121. The molecule has 5 heteroatoms. The fraction of sp³-hybridized carbons (Fsp3) is 0.652. The number of carbonyl (C=O) groups is 1. The van der Waals surface area contributed by atoms with Gasteiger partial charge in [-0.05, 0) is 68.7 Å². The topological polar surface area (TPSA) is 59.4 Å². The molecule has 0 aromatic heterocycles. The average molecular weight is 383 g/mol. The van der Waals surface area contributed by atoms with E-state index in [0.717, 1.165) is 51.4 Å². The van der Waals surface area contributed by atoms with Crippen LogP contribution in [0.25, 0.3) is 0 Å². The smallest absolute Gasteiger partial charge is 0.234 e. The van der Waals surface area contributed by atoms with Gasteiger partial charge in [0.15, 0.2) is 0 Å². The minimum absolute atomic E-state index is 0.0192. The first kappa shape index (κ1) is 20.7. The third-order valence-electron chi connectivity index (χ3n) is 6.36. The quantitative estimate of drug-likeness (QED) is 0.786. The maximum atomic E-state index is 11.5. The van der Waals surface area contributed by atoms with Crippen LogP contribution >= 0.6 is 0 Å². The van der Waals surface area contributed by atoms with Gasteiger partial charge in [0.25, 0.3) is 0 Å². The summed E-state index contributed by atoms with van der Waals surface area (Å²) in [4.78, 5) is 16.7. The molecule has 1 aromatic carbocycles. The molecule has 1 aliphatic heterocycles. The highest BCUT2D eigenvalue weighted by Gasteiger charge is 2.24. The van der Waals surface area contributed by atoms with Gasteiger partial charge in [0.05, 0.1) is 6.07 Å². The summed E-state index contributed by atoms with van der Waals surface area (Å²) in [5, 5.41) is 11.6. The SMILES string of the molecule is CCc1cccc(N2CCN(CC[C@H]3CC[C@@H](NC(=O)CC#N)CC3)CC2)c1. The van der Waals surface area contributed by atoms with Gasteiger partial charge >= 0.3 is 0 Å². The summed E-state index contributed by atoms with van der Waals surface area (Å²) in [6.45, 7) is 7.94. The van der Waals surface area contributed by atoms with Gasteiger partial charge in [0.1, 0.15) is 6.42 Å². The maximum absolute atomic E-state index is 11.5. The predicted octanol–water partition coefficient (Wildman–Crippen LogP) is 3.35. The Morgan fingerprint density at radius 2 is 1.93 bits per heavy atom. The number of rotatable bonds is 7. The zero-order chi connectivity index (χ0) is 19.8. The summed E-state index contributed by atoms with van der Waals surface area (Å²) in [5.74, 6) is 0.664. The lowest BCUT2D eigenvalue weighted by Crippen LogP contribution is -2.47. The third-order valence-corrected chi connectivity index (χ3v) is 6.36. The number of hydrogen-bond donors (Lipinski definition) is 1. The molecule has 1 heterocycles. The number of nitrogens with one attached hydrogen (secondary N) is 1. The number of hydrogen-bond acceptors (Lipinski definition) is 4. The predicted molar refractivity (Wildman–Crippen MR) is 113 cm³/mol. The number of amides is 1. The molecule has 5 nitrogen and oxygen atoms in total. The molecule has 1 amide bonds. The first-order chi connectivity index (χ1) is 13.7. The number of nitriles is 1. The molecule has 1 saturated heterocycles. The van der Waals surface area contributed by atoms with E-state index in [0.29, 0.717) is 0 Å². The molecule has 1 aromatic rings. The van der Waals surface area contributed by atoms with Crippen molar-refractivity contribution in [3.8, 4) is 6.07 Å². The Morgan fingerprint density at radius 1 is 1.18 bits per heavy atom. The number of benzene rings is 1. The Balaban J connectivity index is 1.34. The number of nitrogens with zero attached hydrogens (tertiary/aromatic N) is 3. The minimum atomic E-state index is -0.117. The van der Waals surface area contributed by atoms with Crippen LogP contribution in [-0.2, 0) is 11.2 Å². The number of aryl methyl sites for hydroxylation is 1. The van der Waals surface area contributed by atoms with Gasteiger partial charge in [-0.3, -0.25) is 9.69 Å². The van der Waals surface area contributed by atoms with Crippen molar-refractivity contribution in [2.45, 2.75) is 57.9 Å². The van der Waals surface area contributed by atoms with Gasteiger partial charge in [-0.2, -0.15) is 5.26 Å². The fourth-order valence-corrected chi connectivity index (χ4v) is 4.51. The van der Waals surface area contributed by atoms with Crippen molar-refractivity contribution in [1.82, 2.24) is 10.2 Å². The van der Waals surface area contributed by atoms with E-state index in [1.165, 1.54) is 37.1 Å². The molecule has 3 rings (SSSR count). The molecule has 28 heavy (non-hydrogen) atoms. The Morgan fingerprint density at radius 3 is 2.61 bits per heavy atom. The van der Waals surface area contributed by atoms with Crippen molar-refractivity contribution in [2.24, 2.45) is 5.92 Å².